The zero-order chi connectivity index (χ0) is 28.1. The molecule has 2 heterocycles. The monoisotopic (exact) mass is 578 g/mol. The predicted octanol–water partition coefficient (Wildman–Crippen LogP) is 6.96. The Hall–Kier alpha value is -0.0900. The quantitative estimate of drug-likeness (QED) is 0.134. The Bertz CT molecular complexity index is 690. The first-order valence-electron chi connectivity index (χ1n) is 15.7. The topological polar surface area (TPSA) is 90.9 Å². The van der Waals surface area contributed by atoms with Crippen molar-refractivity contribution in [3.05, 3.63) is 0 Å². The summed E-state index contributed by atoms with van der Waals surface area (Å²) in [6, 6.07) is 0. The summed E-state index contributed by atoms with van der Waals surface area (Å²) in [6.07, 6.45) is 8.25. The number of unbranched alkanes of at least 4 members (excludes halogenated alkanes) is 3. The second kappa shape index (κ2) is 17.8. The van der Waals surface area contributed by atoms with E-state index in [0.717, 1.165) is 64.2 Å². The van der Waals surface area contributed by atoms with E-state index in [0.29, 0.717) is 32.8 Å². The predicted molar refractivity (Wildman–Crippen MR) is 150 cm³/mol. The molecule has 2 aliphatic heterocycles. The van der Waals surface area contributed by atoms with Gasteiger partial charge in [-0.2, -0.15) is 0 Å². The molecule has 3 aliphatic rings. The molecule has 0 amide bonds. The second-order valence-corrected chi connectivity index (χ2v) is 12.9. The summed E-state index contributed by atoms with van der Waals surface area (Å²) in [6.45, 7) is 12.3. The molecule has 39 heavy (non-hydrogen) atoms. The molecule has 3 rings (SSSR count). The van der Waals surface area contributed by atoms with Gasteiger partial charge in [-0.05, 0) is 46.0 Å². The van der Waals surface area contributed by atoms with E-state index in [4.69, 9.17) is 37.3 Å². The van der Waals surface area contributed by atoms with Crippen molar-refractivity contribution in [1.29, 1.82) is 0 Å². The summed E-state index contributed by atoms with van der Waals surface area (Å²) in [5.74, 6) is 0. The van der Waals surface area contributed by atoms with E-state index in [9.17, 15) is 4.57 Å². The third-order valence-corrected chi connectivity index (χ3v) is 9.28. The van der Waals surface area contributed by atoms with Crippen molar-refractivity contribution in [3.8, 4) is 0 Å². The Balaban J connectivity index is 1.90. The van der Waals surface area contributed by atoms with Crippen LogP contribution in [0.4, 0.5) is 0 Å². The summed E-state index contributed by atoms with van der Waals surface area (Å²) in [4.78, 5) is 0. The van der Waals surface area contributed by atoms with Crippen LogP contribution < -0.4 is 0 Å². The first kappa shape index (κ1) is 33.4. The van der Waals surface area contributed by atoms with Gasteiger partial charge in [-0.25, -0.2) is 4.57 Å². The van der Waals surface area contributed by atoms with E-state index in [1.54, 1.807) is 0 Å². The summed E-state index contributed by atoms with van der Waals surface area (Å²) in [7, 11) is -3.90. The molecule has 9 nitrogen and oxygen atoms in total. The van der Waals surface area contributed by atoms with E-state index in [1.807, 2.05) is 13.8 Å². The Morgan fingerprint density at radius 2 is 1.36 bits per heavy atom. The molecule has 7 atom stereocenters. The average Bonchev–Trinajstić information content (AvgIpc) is 2.89. The molecular weight excluding hydrogens is 523 g/mol. The van der Waals surface area contributed by atoms with Gasteiger partial charge in [-0.1, -0.05) is 59.3 Å². The normalized spacial score (nSPS) is 36.3. The van der Waals surface area contributed by atoms with Crippen LogP contribution >= 0.6 is 7.82 Å². The van der Waals surface area contributed by atoms with E-state index in [1.165, 1.54) is 6.42 Å². The third-order valence-electron chi connectivity index (χ3n) is 7.54. The number of rotatable bonds is 17. The molecule has 10 heteroatoms. The summed E-state index contributed by atoms with van der Waals surface area (Å²) >= 11 is 0. The third kappa shape index (κ3) is 10.9. The molecule has 0 N–H and O–H groups in total. The average molecular weight is 579 g/mol. The van der Waals surface area contributed by atoms with Crippen LogP contribution in [0.3, 0.4) is 0 Å². The lowest BCUT2D eigenvalue weighted by molar-refractivity contribution is -0.323. The van der Waals surface area contributed by atoms with Crippen LogP contribution in [0.25, 0.3) is 0 Å². The first-order valence-corrected chi connectivity index (χ1v) is 17.1. The lowest BCUT2D eigenvalue weighted by Crippen LogP contribution is -2.62. The molecule has 5 unspecified atom stereocenters. The lowest BCUT2D eigenvalue weighted by Gasteiger charge is -2.47. The maximum absolute atomic E-state index is 13.8. The highest BCUT2D eigenvalue weighted by atomic mass is 31.2. The van der Waals surface area contributed by atoms with Gasteiger partial charge in [0.15, 0.2) is 6.29 Å². The molecule has 230 valence electrons. The minimum absolute atomic E-state index is 0.0392. The van der Waals surface area contributed by atoms with E-state index < -0.39 is 38.5 Å². The van der Waals surface area contributed by atoms with Crippen LogP contribution in [0.15, 0.2) is 0 Å². The molecule has 0 radical (unpaired) electrons. The number of ether oxygens (including phenoxy) is 5. The summed E-state index contributed by atoms with van der Waals surface area (Å²) in [5.41, 5.74) is 0. The number of phosphoric acid groups is 1. The van der Waals surface area contributed by atoms with Crippen molar-refractivity contribution in [2.75, 3.05) is 26.4 Å². The van der Waals surface area contributed by atoms with Gasteiger partial charge >= 0.3 is 7.82 Å². The van der Waals surface area contributed by atoms with Crippen LogP contribution in [-0.2, 0) is 41.8 Å². The zero-order valence-electron chi connectivity index (χ0n) is 25.1. The number of phosphoric ester groups is 1. The van der Waals surface area contributed by atoms with Crippen LogP contribution in [0, 0.1) is 0 Å². The van der Waals surface area contributed by atoms with Gasteiger partial charge in [0.1, 0.15) is 24.4 Å². The van der Waals surface area contributed by atoms with Crippen molar-refractivity contribution in [1.82, 2.24) is 0 Å². The van der Waals surface area contributed by atoms with E-state index >= 15 is 0 Å². The van der Waals surface area contributed by atoms with Crippen LogP contribution in [-0.4, -0.2) is 75.4 Å². The van der Waals surface area contributed by atoms with Gasteiger partial charge in [-0.3, -0.25) is 13.6 Å². The molecule has 1 aliphatic carbocycles. The van der Waals surface area contributed by atoms with Crippen LogP contribution in [0.5, 0.6) is 0 Å². The first-order chi connectivity index (χ1) is 18.9. The van der Waals surface area contributed by atoms with Crippen LogP contribution in [0.2, 0.25) is 0 Å². The van der Waals surface area contributed by atoms with Crippen molar-refractivity contribution in [2.24, 2.45) is 0 Å². The Morgan fingerprint density at radius 1 is 0.769 bits per heavy atom. The zero-order valence-corrected chi connectivity index (χ0v) is 25.9. The van der Waals surface area contributed by atoms with Gasteiger partial charge in [-0.15, -0.1) is 0 Å². The highest BCUT2D eigenvalue weighted by Crippen LogP contribution is 2.57. The second-order valence-electron chi connectivity index (χ2n) is 11.3. The number of hydrogen-bond acceptors (Lipinski definition) is 9. The van der Waals surface area contributed by atoms with Crippen LogP contribution in [0.1, 0.15) is 112 Å². The summed E-state index contributed by atoms with van der Waals surface area (Å²) in [5, 5.41) is 0. The molecule has 0 bridgehead atoms. The minimum Gasteiger partial charge on any atom is -0.379 e. The van der Waals surface area contributed by atoms with Gasteiger partial charge < -0.3 is 23.7 Å². The molecule has 1 saturated carbocycles. The highest BCUT2D eigenvalue weighted by molar-refractivity contribution is 7.48. The van der Waals surface area contributed by atoms with Gasteiger partial charge in [0.2, 0.25) is 0 Å². The maximum atomic E-state index is 13.8. The molecule has 0 aromatic rings. The van der Waals surface area contributed by atoms with Crippen molar-refractivity contribution in [2.45, 2.75) is 161 Å². The van der Waals surface area contributed by atoms with Crippen molar-refractivity contribution < 1.29 is 41.8 Å². The van der Waals surface area contributed by atoms with Crippen molar-refractivity contribution in [3.63, 3.8) is 0 Å². The number of hydrogen-bond donors (Lipinski definition) is 0. The van der Waals surface area contributed by atoms with Gasteiger partial charge in [0.05, 0.1) is 24.9 Å². The Morgan fingerprint density at radius 3 is 1.97 bits per heavy atom. The molecule has 0 aromatic heterocycles. The smallest absolute Gasteiger partial charge is 0.379 e. The summed E-state index contributed by atoms with van der Waals surface area (Å²) < 4.78 is 63.9. The lowest BCUT2D eigenvalue weighted by atomic mass is 9.96. The Kier molecular flexibility index (Phi) is 15.2. The molecule has 0 spiro atoms. The van der Waals surface area contributed by atoms with E-state index in [2.05, 4.69) is 20.8 Å². The fourth-order valence-electron chi connectivity index (χ4n) is 5.41. The van der Waals surface area contributed by atoms with E-state index in [-0.39, 0.29) is 18.3 Å². The molecule has 2 saturated heterocycles. The van der Waals surface area contributed by atoms with Gasteiger partial charge in [0, 0.05) is 26.2 Å². The molecule has 3 fully saturated rings. The SMILES string of the molecule is CCCCOCC1OC(OC2CCCCC2)C(OP2(=O)O[C@@H](C)C[C@H](C)O2)C(OCCCC)C1OCCCC. The standard InChI is InChI=1S/C29H55O9P/c1-6-9-17-31-21-25-26(32-18-10-7-2)27(33-19-11-8-3)28(29(35-25)34-24-15-13-12-14-16-24)38-39(30)36-22(4)20-23(5)37-39/h22-29H,6-21H2,1-5H3/t22-,23-,25?,26?,27?,28?,29?/m0/s1. The molecular formula is C29H55O9P. The highest BCUT2D eigenvalue weighted by Gasteiger charge is 2.53. The van der Waals surface area contributed by atoms with Crippen molar-refractivity contribution >= 4 is 7.82 Å². The maximum Gasteiger partial charge on any atom is 0.475 e. The minimum atomic E-state index is -3.90. The fraction of sp³-hybridized carbons (Fsp3) is 1.00. The van der Waals surface area contributed by atoms with Gasteiger partial charge in [0.25, 0.3) is 0 Å². The Labute approximate surface area is 236 Å². The fourth-order valence-corrected chi connectivity index (χ4v) is 7.13. The largest absolute Gasteiger partial charge is 0.475 e. The molecule has 0 aromatic carbocycles.